The van der Waals surface area contributed by atoms with Crippen LogP contribution >= 0.6 is 11.6 Å². The van der Waals surface area contributed by atoms with E-state index in [4.69, 9.17) is 16.3 Å². The van der Waals surface area contributed by atoms with Crippen molar-refractivity contribution in [1.82, 2.24) is 25.6 Å². The number of nitrogens with zero attached hydrogens (tertiary/aromatic N) is 4. The SMILES string of the molecule is CCOC(=O)c1n[nH]nc1-c1ccc(-c2ccc(Cl)nn2)cc1. The summed E-state index contributed by atoms with van der Waals surface area (Å²) < 4.78 is 4.96. The van der Waals surface area contributed by atoms with E-state index < -0.39 is 5.97 Å². The van der Waals surface area contributed by atoms with Gasteiger partial charge in [-0.25, -0.2) is 4.79 Å². The smallest absolute Gasteiger partial charge is 0.361 e. The third-order valence-corrected chi connectivity index (χ3v) is 3.30. The van der Waals surface area contributed by atoms with Gasteiger partial charge in [0.05, 0.1) is 12.3 Å². The Morgan fingerprint density at radius 1 is 1.09 bits per heavy atom. The molecule has 0 saturated heterocycles. The van der Waals surface area contributed by atoms with Crippen LogP contribution in [0.1, 0.15) is 17.4 Å². The molecule has 0 saturated carbocycles. The van der Waals surface area contributed by atoms with Crippen molar-refractivity contribution in [2.24, 2.45) is 0 Å². The second-order valence-corrected chi connectivity index (χ2v) is 4.95. The topological polar surface area (TPSA) is 93.7 Å². The number of esters is 1. The van der Waals surface area contributed by atoms with Gasteiger partial charge in [0.25, 0.3) is 0 Å². The molecule has 0 spiro atoms. The van der Waals surface area contributed by atoms with Gasteiger partial charge < -0.3 is 4.74 Å². The molecular formula is C15H12ClN5O2. The summed E-state index contributed by atoms with van der Waals surface area (Å²) in [6.45, 7) is 2.01. The highest BCUT2D eigenvalue weighted by Crippen LogP contribution is 2.24. The van der Waals surface area contributed by atoms with Gasteiger partial charge in [-0.3, -0.25) is 0 Å². The molecule has 0 aliphatic heterocycles. The van der Waals surface area contributed by atoms with Crippen molar-refractivity contribution in [3.05, 3.63) is 47.2 Å². The zero-order valence-corrected chi connectivity index (χ0v) is 12.9. The zero-order chi connectivity index (χ0) is 16.2. The molecule has 8 heteroatoms. The summed E-state index contributed by atoms with van der Waals surface area (Å²) >= 11 is 5.73. The molecule has 2 aromatic heterocycles. The summed E-state index contributed by atoms with van der Waals surface area (Å²) in [5.41, 5.74) is 2.92. The molecule has 0 fully saturated rings. The van der Waals surface area contributed by atoms with Gasteiger partial charge in [0.1, 0.15) is 5.69 Å². The van der Waals surface area contributed by atoms with Gasteiger partial charge in [-0.05, 0) is 19.1 Å². The quantitative estimate of drug-likeness (QED) is 0.740. The van der Waals surface area contributed by atoms with Crippen LogP contribution in [-0.4, -0.2) is 38.2 Å². The highest BCUT2D eigenvalue weighted by atomic mass is 35.5. The highest BCUT2D eigenvalue weighted by Gasteiger charge is 2.18. The Hall–Kier alpha value is -2.80. The molecule has 1 N–H and O–H groups in total. The van der Waals surface area contributed by atoms with Gasteiger partial charge >= 0.3 is 5.97 Å². The molecule has 7 nitrogen and oxygen atoms in total. The summed E-state index contributed by atoms with van der Waals surface area (Å²) in [5, 5.41) is 18.5. The molecule has 1 aromatic carbocycles. The minimum absolute atomic E-state index is 0.158. The van der Waals surface area contributed by atoms with Crippen LogP contribution in [0.3, 0.4) is 0 Å². The van der Waals surface area contributed by atoms with E-state index in [2.05, 4.69) is 25.6 Å². The van der Waals surface area contributed by atoms with Crippen molar-refractivity contribution in [2.75, 3.05) is 6.61 Å². The Bertz CT molecular complexity index is 815. The maximum Gasteiger partial charge on any atom is 0.361 e. The minimum Gasteiger partial charge on any atom is -0.461 e. The van der Waals surface area contributed by atoms with Crippen LogP contribution in [0.4, 0.5) is 0 Å². The summed E-state index contributed by atoms with van der Waals surface area (Å²) in [7, 11) is 0. The van der Waals surface area contributed by atoms with Gasteiger partial charge in [0.15, 0.2) is 10.8 Å². The lowest BCUT2D eigenvalue weighted by atomic mass is 10.1. The van der Waals surface area contributed by atoms with Gasteiger partial charge in [0.2, 0.25) is 0 Å². The molecule has 3 aromatic rings. The fourth-order valence-corrected chi connectivity index (χ4v) is 2.14. The first-order valence-electron chi connectivity index (χ1n) is 6.87. The molecule has 23 heavy (non-hydrogen) atoms. The Kier molecular flexibility index (Phi) is 4.29. The van der Waals surface area contributed by atoms with E-state index in [1.165, 1.54) is 0 Å². The fraction of sp³-hybridized carbons (Fsp3) is 0.133. The monoisotopic (exact) mass is 329 g/mol. The van der Waals surface area contributed by atoms with Gasteiger partial charge in [-0.2, -0.15) is 10.3 Å². The number of rotatable bonds is 4. The Morgan fingerprint density at radius 3 is 2.48 bits per heavy atom. The summed E-state index contributed by atoms with van der Waals surface area (Å²) in [5.74, 6) is -0.510. The molecule has 0 aliphatic carbocycles. The molecule has 0 amide bonds. The molecule has 116 valence electrons. The second kappa shape index (κ2) is 6.53. The number of carbonyl (C=O) groups excluding carboxylic acids is 1. The lowest BCUT2D eigenvalue weighted by Gasteiger charge is -2.03. The van der Waals surface area contributed by atoms with Crippen molar-refractivity contribution >= 4 is 17.6 Å². The molecule has 0 radical (unpaired) electrons. The molecule has 0 unspecified atom stereocenters. The van der Waals surface area contributed by atoms with E-state index in [9.17, 15) is 4.79 Å². The number of aromatic amines is 1. The van der Waals surface area contributed by atoms with Crippen LogP contribution in [-0.2, 0) is 4.74 Å². The molecule has 0 atom stereocenters. The fourth-order valence-electron chi connectivity index (χ4n) is 2.04. The van der Waals surface area contributed by atoms with Crippen molar-refractivity contribution in [1.29, 1.82) is 0 Å². The van der Waals surface area contributed by atoms with Gasteiger partial charge in [-0.1, -0.05) is 35.9 Å². The van der Waals surface area contributed by atoms with Crippen LogP contribution in [0.25, 0.3) is 22.5 Å². The number of hydrogen-bond donors (Lipinski definition) is 1. The normalized spacial score (nSPS) is 10.5. The summed E-state index contributed by atoms with van der Waals surface area (Å²) in [6, 6.07) is 10.8. The average Bonchev–Trinajstić information content (AvgIpc) is 3.06. The highest BCUT2D eigenvalue weighted by molar-refractivity contribution is 6.29. The Morgan fingerprint density at radius 2 is 1.83 bits per heavy atom. The largest absolute Gasteiger partial charge is 0.461 e. The van der Waals surface area contributed by atoms with E-state index >= 15 is 0 Å². The molecular weight excluding hydrogens is 318 g/mol. The molecule has 0 aliphatic rings. The number of halogens is 1. The maximum atomic E-state index is 11.8. The number of nitrogens with one attached hydrogen (secondary N) is 1. The van der Waals surface area contributed by atoms with Gasteiger partial charge in [0, 0.05) is 11.1 Å². The van der Waals surface area contributed by atoms with E-state index in [1.54, 1.807) is 19.1 Å². The average molecular weight is 330 g/mol. The zero-order valence-electron chi connectivity index (χ0n) is 12.2. The number of benzene rings is 1. The molecule has 0 bridgehead atoms. The maximum absolute atomic E-state index is 11.8. The molecule has 2 heterocycles. The second-order valence-electron chi connectivity index (χ2n) is 4.56. The van der Waals surface area contributed by atoms with Crippen LogP contribution in [0.5, 0.6) is 0 Å². The van der Waals surface area contributed by atoms with Crippen LogP contribution in [0.2, 0.25) is 5.15 Å². The number of hydrogen-bond acceptors (Lipinski definition) is 6. The third kappa shape index (κ3) is 3.19. The predicted molar refractivity (Wildman–Crippen MR) is 83.8 cm³/mol. The number of ether oxygens (including phenoxy) is 1. The number of carbonyl (C=O) groups is 1. The Balaban J connectivity index is 1.90. The standard InChI is InChI=1S/C15H12ClN5O2/c1-2-23-15(22)14-13(19-21-20-14)10-5-3-9(4-6-10)11-7-8-12(16)18-17-11/h3-8H,2H2,1H3,(H,19,20,21). The van der Waals surface area contributed by atoms with Gasteiger partial charge in [-0.15, -0.1) is 15.3 Å². The first kappa shape index (κ1) is 15.1. The van der Waals surface area contributed by atoms with E-state index in [-0.39, 0.29) is 12.3 Å². The predicted octanol–water partition coefficient (Wildman–Crippen LogP) is 2.76. The lowest BCUT2D eigenvalue weighted by molar-refractivity contribution is 0.0520. The number of H-pyrrole nitrogens is 1. The number of aromatic nitrogens is 5. The molecule has 3 rings (SSSR count). The summed E-state index contributed by atoms with van der Waals surface area (Å²) in [6.07, 6.45) is 0. The van der Waals surface area contributed by atoms with Crippen LogP contribution < -0.4 is 0 Å². The van der Waals surface area contributed by atoms with E-state index in [0.29, 0.717) is 16.5 Å². The Labute approximate surface area is 136 Å². The van der Waals surface area contributed by atoms with Crippen molar-refractivity contribution in [3.8, 4) is 22.5 Å². The summed E-state index contributed by atoms with van der Waals surface area (Å²) in [4.78, 5) is 11.8. The van der Waals surface area contributed by atoms with Crippen LogP contribution in [0, 0.1) is 0 Å². The van der Waals surface area contributed by atoms with E-state index in [0.717, 1.165) is 11.1 Å². The van der Waals surface area contributed by atoms with Crippen molar-refractivity contribution < 1.29 is 9.53 Å². The first-order chi connectivity index (χ1) is 11.2. The minimum atomic E-state index is -0.510. The van der Waals surface area contributed by atoms with Crippen molar-refractivity contribution in [2.45, 2.75) is 6.92 Å². The first-order valence-corrected chi connectivity index (χ1v) is 7.24. The van der Waals surface area contributed by atoms with E-state index in [1.807, 2.05) is 24.3 Å². The van der Waals surface area contributed by atoms with Crippen molar-refractivity contribution in [3.63, 3.8) is 0 Å². The third-order valence-electron chi connectivity index (χ3n) is 3.10. The lowest BCUT2D eigenvalue weighted by Crippen LogP contribution is -2.06. The van der Waals surface area contributed by atoms with Crippen LogP contribution in [0.15, 0.2) is 36.4 Å².